The number of alkyl halides is 3. The Bertz CT molecular complexity index is 460. The van der Waals surface area contributed by atoms with Gasteiger partial charge in [0.1, 0.15) is 12.4 Å². The molecule has 0 aliphatic heterocycles. The van der Waals surface area contributed by atoms with E-state index in [2.05, 4.69) is 0 Å². The molecule has 1 aromatic carbocycles. The summed E-state index contributed by atoms with van der Waals surface area (Å²) in [5, 5.41) is 0. The molecule has 0 heterocycles. The van der Waals surface area contributed by atoms with Gasteiger partial charge in [0.15, 0.2) is 0 Å². The first-order valence-corrected chi connectivity index (χ1v) is 5.57. The van der Waals surface area contributed by atoms with Gasteiger partial charge in [0.2, 0.25) is 0 Å². The first kappa shape index (κ1) is 15.4. The molecule has 106 valence electrons. The minimum absolute atomic E-state index is 0.0408. The highest BCUT2D eigenvalue weighted by molar-refractivity contribution is 5.95. The Morgan fingerprint density at radius 1 is 1.37 bits per heavy atom. The summed E-state index contributed by atoms with van der Waals surface area (Å²) in [4.78, 5) is 12.6. The van der Waals surface area contributed by atoms with Crippen LogP contribution in [0.3, 0.4) is 0 Å². The second-order valence-corrected chi connectivity index (χ2v) is 4.09. The van der Waals surface area contributed by atoms with Crippen molar-refractivity contribution in [3.05, 3.63) is 35.1 Å². The maximum absolute atomic E-state index is 12.9. The fourth-order valence-corrected chi connectivity index (χ4v) is 1.66. The third-order valence-electron chi connectivity index (χ3n) is 2.48. The van der Waals surface area contributed by atoms with Gasteiger partial charge >= 0.3 is 6.18 Å². The number of rotatable bonds is 4. The van der Waals surface area contributed by atoms with Gasteiger partial charge in [-0.25, -0.2) is 4.39 Å². The van der Waals surface area contributed by atoms with E-state index in [1.165, 1.54) is 13.0 Å². The summed E-state index contributed by atoms with van der Waals surface area (Å²) in [5.41, 5.74) is 5.53. The molecule has 0 unspecified atom stereocenters. The quantitative estimate of drug-likeness (QED) is 0.857. The third kappa shape index (κ3) is 4.51. The lowest BCUT2D eigenvalue weighted by atomic mass is 10.1. The number of hydrogen-bond acceptors (Lipinski definition) is 2. The Hall–Kier alpha value is -1.63. The number of nitrogens with zero attached hydrogens (tertiary/aromatic N) is 1. The molecule has 7 heteroatoms. The van der Waals surface area contributed by atoms with E-state index in [1.54, 1.807) is 0 Å². The van der Waals surface area contributed by atoms with Crippen LogP contribution in [0.4, 0.5) is 17.6 Å². The molecule has 3 nitrogen and oxygen atoms in total. The molecule has 19 heavy (non-hydrogen) atoms. The minimum atomic E-state index is -4.50. The highest BCUT2D eigenvalue weighted by atomic mass is 19.4. The zero-order chi connectivity index (χ0) is 14.6. The Morgan fingerprint density at radius 2 is 2.00 bits per heavy atom. The third-order valence-corrected chi connectivity index (χ3v) is 2.48. The Balaban J connectivity index is 2.99. The van der Waals surface area contributed by atoms with Gasteiger partial charge in [-0.3, -0.25) is 4.79 Å². The molecule has 0 aromatic heterocycles. The molecule has 2 N–H and O–H groups in total. The summed E-state index contributed by atoms with van der Waals surface area (Å²) in [6.07, 6.45) is -4.50. The zero-order valence-electron chi connectivity index (χ0n) is 10.3. The molecular weight excluding hydrogens is 264 g/mol. The van der Waals surface area contributed by atoms with Gasteiger partial charge < -0.3 is 10.6 Å². The predicted octanol–water partition coefficient (Wildman–Crippen LogP) is 2.10. The molecule has 0 aliphatic carbocycles. The maximum Gasteiger partial charge on any atom is 0.406 e. The van der Waals surface area contributed by atoms with E-state index in [9.17, 15) is 22.4 Å². The van der Waals surface area contributed by atoms with Gasteiger partial charge in [0.25, 0.3) is 5.91 Å². The number of halogens is 4. The molecule has 0 saturated carbocycles. The van der Waals surface area contributed by atoms with Crippen molar-refractivity contribution in [2.24, 2.45) is 5.73 Å². The van der Waals surface area contributed by atoms with E-state index in [0.29, 0.717) is 4.90 Å². The molecule has 0 fully saturated rings. The van der Waals surface area contributed by atoms with Gasteiger partial charge in [-0.05, 0) is 30.7 Å². The lowest BCUT2D eigenvalue weighted by Crippen LogP contribution is -2.42. The molecule has 0 spiro atoms. The summed E-state index contributed by atoms with van der Waals surface area (Å²) in [7, 11) is 0. The van der Waals surface area contributed by atoms with Crippen LogP contribution in [-0.4, -0.2) is 36.6 Å². The topological polar surface area (TPSA) is 46.3 Å². The van der Waals surface area contributed by atoms with Crippen molar-refractivity contribution in [2.45, 2.75) is 13.1 Å². The highest BCUT2D eigenvalue weighted by Gasteiger charge is 2.33. The number of aryl methyl sites for hydroxylation is 1. The summed E-state index contributed by atoms with van der Waals surface area (Å²) < 4.78 is 50.0. The number of carbonyl (C=O) groups excluding carboxylic acids is 1. The monoisotopic (exact) mass is 278 g/mol. The first-order valence-electron chi connectivity index (χ1n) is 5.57. The van der Waals surface area contributed by atoms with Crippen LogP contribution >= 0.6 is 0 Å². The Morgan fingerprint density at radius 3 is 2.47 bits per heavy atom. The van der Waals surface area contributed by atoms with E-state index >= 15 is 0 Å². The van der Waals surface area contributed by atoms with E-state index in [1.807, 2.05) is 0 Å². The molecule has 1 amide bonds. The van der Waals surface area contributed by atoms with Gasteiger partial charge in [-0.2, -0.15) is 13.2 Å². The average molecular weight is 278 g/mol. The fraction of sp³-hybridized carbons (Fsp3) is 0.417. The molecule has 1 aromatic rings. The van der Waals surface area contributed by atoms with Gasteiger partial charge in [-0.15, -0.1) is 0 Å². The summed E-state index contributed by atoms with van der Waals surface area (Å²) >= 11 is 0. The average Bonchev–Trinajstić information content (AvgIpc) is 2.26. The largest absolute Gasteiger partial charge is 0.406 e. The van der Waals surface area contributed by atoms with Crippen LogP contribution in [0.15, 0.2) is 18.2 Å². The number of benzene rings is 1. The SMILES string of the molecule is Cc1cc(F)ccc1C(=O)N(CCN)CC(F)(F)F. The van der Waals surface area contributed by atoms with Crippen molar-refractivity contribution in [2.75, 3.05) is 19.6 Å². The molecule has 0 bridgehead atoms. The van der Waals surface area contributed by atoms with Crippen LogP contribution in [0, 0.1) is 12.7 Å². The minimum Gasteiger partial charge on any atom is -0.329 e. The van der Waals surface area contributed by atoms with Crippen LogP contribution < -0.4 is 5.73 Å². The van der Waals surface area contributed by atoms with Crippen LogP contribution in [0.2, 0.25) is 0 Å². The van der Waals surface area contributed by atoms with E-state index in [4.69, 9.17) is 5.73 Å². The van der Waals surface area contributed by atoms with Crippen molar-refractivity contribution in [1.29, 1.82) is 0 Å². The smallest absolute Gasteiger partial charge is 0.329 e. The van der Waals surface area contributed by atoms with E-state index in [0.717, 1.165) is 12.1 Å². The second-order valence-electron chi connectivity index (χ2n) is 4.09. The number of carbonyl (C=O) groups is 1. The van der Waals surface area contributed by atoms with Crippen LogP contribution in [-0.2, 0) is 0 Å². The fourth-order valence-electron chi connectivity index (χ4n) is 1.66. The number of nitrogens with two attached hydrogens (primary N) is 1. The van der Waals surface area contributed by atoms with Crippen molar-refractivity contribution < 1.29 is 22.4 Å². The zero-order valence-corrected chi connectivity index (χ0v) is 10.3. The summed E-state index contributed by atoms with van der Waals surface area (Å²) in [5.74, 6) is -1.35. The van der Waals surface area contributed by atoms with Gasteiger partial charge in [-0.1, -0.05) is 0 Å². The molecule has 0 aliphatic rings. The first-order chi connectivity index (χ1) is 8.74. The van der Waals surface area contributed by atoms with Crippen molar-refractivity contribution in [3.8, 4) is 0 Å². The Kier molecular flexibility index (Phi) is 4.88. The van der Waals surface area contributed by atoms with Crippen LogP contribution in [0.5, 0.6) is 0 Å². The van der Waals surface area contributed by atoms with Gasteiger partial charge in [0, 0.05) is 18.7 Å². The Labute approximate surface area is 108 Å². The lowest BCUT2D eigenvalue weighted by Gasteiger charge is -2.24. The van der Waals surface area contributed by atoms with Crippen LogP contribution in [0.1, 0.15) is 15.9 Å². The molecular formula is C12H14F4N2O. The van der Waals surface area contributed by atoms with Gasteiger partial charge in [0.05, 0.1) is 0 Å². The maximum atomic E-state index is 12.9. The van der Waals surface area contributed by atoms with E-state index in [-0.39, 0.29) is 24.2 Å². The van der Waals surface area contributed by atoms with E-state index < -0.39 is 24.4 Å². The highest BCUT2D eigenvalue weighted by Crippen LogP contribution is 2.19. The summed E-state index contributed by atoms with van der Waals surface area (Å²) in [6, 6.07) is 3.31. The lowest BCUT2D eigenvalue weighted by molar-refractivity contribution is -0.140. The normalized spacial score (nSPS) is 11.5. The summed E-state index contributed by atoms with van der Waals surface area (Å²) in [6.45, 7) is -0.207. The number of hydrogen-bond donors (Lipinski definition) is 1. The molecule has 0 radical (unpaired) electrons. The number of amides is 1. The van der Waals surface area contributed by atoms with Crippen molar-refractivity contribution >= 4 is 5.91 Å². The van der Waals surface area contributed by atoms with Crippen molar-refractivity contribution in [3.63, 3.8) is 0 Å². The van der Waals surface area contributed by atoms with Crippen molar-refractivity contribution in [1.82, 2.24) is 4.90 Å². The molecule has 0 saturated heterocycles. The molecule has 1 rings (SSSR count). The standard InChI is InChI=1S/C12H14F4N2O/c1-8-6-9(13)2-3-10(8)11(19)18(5-4-17)7-12(14,15)16/h2-3,6H,4-5,7,17H2,1H3. The van der Waals surface area contributed by atoms with Crippen LogP contribution in [0.25, 0.3) is 0 Å². The second kappa shape index (κ2) is 6.01. The molecule has 0 atom stereocenters. The predicted molar refractivity (Wildman–Crippen MR) is 62.1 cm³/mol.